The van der Waals surface area contributed by atoms with Crippen molar-refractivity contribution in [2.75, 3.05) is 17.2 Å². The van der Waals surface area contributed by atoms with Gasteiger partial charge in [-0.3, -0.25) is 9.36 Å². The zero-order chi connectivity index (χ0) is 33.0. The van der Waals surface area contributed by atoms with E-state index < -0.39 is 24.5 Å². The maximum absolute atomic E-state index is 11.6. The Kier molecular flexibility index (Phi) is 9.27. The van der Waals surface area contributed by atoms with Crippen molar-refractivity contribution in [1.82, 2.24) is 29.7 Å². The van der Waals surface area contributed by atoms with Crippen molar-refractivity contribution in [2.45, 2.75) is 81.6 Å². The van der Waals surface area contributed by atoms with E-state index in [-0.39, 0.29) is 30.4 Å². The van der Waals surface area contributed by atoms with Gasteiger partial charge in [-0.1, -0.05) is 67.6 Å². The first-order valence-corrected chi connectivity index (χ1v) is 16.4. The van der Waals surface area contributed by atoms with Crippen LogP contribution < -0.4 is 16.4 Å². The number of imidazole rings is 1. The summed E-state index contributed by atoms with van der Waals surface area (Å²) >= 11 is 0. The molecule has 1 aliphatic heterocycles. The molecule has 4 heterocycles. The van der Waals surface area contributed by atoms with Crippen LogP contribution in [0.1, 0.15) is 73.8 Å². The molecule has 1 saturated heterocycles. The maximum Gasteiger partial charge on any atom is 0.293 e. The van der Waals surface area contributed by atoms with Crippen LogP contribution in [0.5, 0.6) is 0 Å². The van der Waals surface area contributed by atoms with Gasteiger partial charge in [-0.25, -0.2) is 4.98 Å². The minimum absolute atomic E-state index is 0.0256. The van der Waals surface area contributed by atoms with Crippen LogP contribution in [0, 0.1) is 0 Å². The number of nitrogens with one attached hydrogen (secondary N) is 2. The van der Waals surface area contributed by atoms with E-state index in [0.717, 1.165) is 36.8 Å². The van der Waals surface area contributed by atoms with E-state index in [1.807, 2.05) is 43.3 Å². The Bertz CT molecular complexity index is 1770. The first-order valence-electron chi connectivity index (χ1n) is 16.4. The third-order valence-electron chi connectivity index (χ3n) is 9.13. The van der Waals surface area contributed by atoms with Crippen LogP contribution in [0.3, 0.4) is 0 Å². The van der Waals surface area contributed by atoms with Crippen LogP contribution in [-0.4, -0.2) is 72.1 Å². The van der Waals surface area contributed by atoms with Gasteiger partial charge in [-0.15, -0.1) is 10.2 Å². The summed E-state index contributed by atoms with van der Waals surface area (Å²) in [5, 5.41) is 26.4. The minimum atomic E-state index is -1.29. The number of ether oxygens (including phenoxy) is 2. The van der Waals surface area contributed by atoms with E-state index in [4.69, 9.17) is 34.6 Å². The number of aryl methyl sites for hydroxylation is 1. The predicted molar refractivity (Wildman–Crippen MR) is 176 cm³/mol. The third-order valence-corrected chi connectivity index (χ3v) is 9.13. The molecule has 3 aromatic heterocycles. The number of hydrogen-bond acceptors (Lipinski definition) is 13. The Balaban J connectivity index is 1.25. The number of hydrogen-bond donors (Lipinski definition) is 4. The second-order valence-electron chi connectivity index (χ2n) is 12.3. The molecule has 0 radical (unpaired) electrons. The average Bonchev–Trinajstić information content (AvgIpc) is 3.85. The smallest absolute Gasteiger partial charge is 0.293 e. The molecule has 0 bridgehead atoms. The number of aliphatic hydroxyl groups is 1. The van der Waals surface area contributed by atoms with Crippen LogP contribution in [0.15, 0.2) is 71.4 Å². The van der Waals surface area contributed by atoms with Gasteiger partial charge < -0.3 is 35.4 Å². The first kappa shape index (κ1) is 31.7. The van der Waals surface area contributed by atoms with Crippen molar-refractivity contribution in [3.63, 3.8) is 0 Å². The van der Waals surface area contributed by atoms with Crippen LogP contribution in [0.25, 0.3) is 11.2 Å². The fourth-order valence-corrected chi connectivity index (χ4v) is 6.55. The lowest BCUT2D eigenvalue weighted by atomic mass is 9.91. The van der Waals surface area contributed by atoms with Gasteiger partial charge in [0, 0.05) is 31.0 Å². The van der Waals surface area contributed by atoms with Crippen LogP contribution in [-0.2, 0) is 20.7 Å². The third kappa shape index (κ3) is 6.46. The van der Waals surface area contributed by atoms with Crippen molar-refractivity contribution in [3.8, 4) is 0 Å². The first-order chi connectivity index (χ1) is 23.5. The second-order valence-corrected chi connectivity index (χ2v) is 12.3. The van der Waals surface area contributed by atoms with Gasteiger partial charge in [-0.2, -0.15) is 9.97 Å². The monoisotopic (exact) mass is 653 g/mol. The lowest BCUT2D eigenvalue weighted by Gasteiger charge is -2.27. The van der Waals surface area contributed by atoms with Gasteiger partial charge in [-0.05, 0) is 36.8 Å². The van der Waals surface area contributed by atoms with Gasteiger partial charge in [0.1, 0.15) is 6.10 Å². The standard InChI is InChI=1S/C34H39N9O5/c1-2-25-41-42-32(47-25)28-27(45)29(46-19-44)33(48-28)43-18-37-26-30(39-34(40-31(26)43)38-23-15-13-22(35)14-16-23)36-17-24(20-9-5-3-6-10-20)21-11-7-4-8-12-21/h3-12,18-19,22-24,27-29,33,45H,2,13-17,35H2,1H3,(H2,36,38,39,40)/t22-,23-,27-,28+,29-,33-/m1/s1. The quantitative estimate of drug-likeness (QED) is 0.142. The number of aromatic nitrogens is 6. The van der Waals surface area contributed by atoms with E-state index in [9.17, 15) is 9.90 Å². The zero-order valence-electron chi connectivity index (χ0n) is 26.6. The molecule has 1 aliphatic carbocycles. The molecule has 0 spiro atoms. The molecular weight excluding hydrogens is 614 g/mol. The number of benzene rings is 2. The number of rotatable bonds is 12. The summed E-state index contributed by atoms with van der Waals surface area (Å²) in [6, 6.07) is 20.9. The molecule has 0 unspecified atom stereocenters. The number of nitrogens with zero attached hydrogens (tertiary/aromatic N) is 6. The van der Waals surface area contributed by atoms with E-state index in [1.54, 1.807) is 10.9 Å². The highest BCUT2D eigenvalue weighted by Gasteiger charge is 2.50. The number of anilines is 2. The molecule has 5 N–H and O–H groups in total. The molecule has 4 atom stereocenters. The highest BCUT2D eigenvalue weighted by Crippen LogP contribution is 2.41. The summed E-state index contributed by atoms with van der Waals surface area (Å²) in [7, 11) is 0. The number of nitrogens with two attached hydrogens (primary N) is 1. The summed E-state index contributed by atoms with van der Waals surface area (Å²) in [6.07, 6.45) is 1.25. The lowest BCUT2D eigenvalue weighted by Crippen LogP contribution is -2.33. The Morgan fingerprint density at radius 2 is 1.75 bits per heavy atom. The minimum Gasteiger partial charge on any atom is -0.457 e. The second kappa shape index (κ2) is 14.1. The molecule has 14 heteroatoms. The van der Waals surface area contributed by atoms with Crippen molar-refractivity contribution in [3.05, 3.63) is 89.9 Å². The number of carbonyl (C=O) groups excluding carboxylic acids is 1. The van der Waals surface area contributed by atoms with Crippen molar-refractivity contribution in [2.24, 2.45) is 5.73 Å². The summed E-state index contributed by atoms with van der Waals surface area (Å²) in [4.78, 5) is 26.1. The molecule has 0 amide bonds. The molecule has 2 fully saturated rings. The Morgan fingerprint density at radius 3 is 2.40 bits per heavy atom. The van der Waals surface area contributed by atoms with Gasteiger partial charge in [0.05, 0.1) is 6.33 Å². The van der Waals surface area contributed by atoms with Crippen molar-refractivity contribution in [1.29, 1.82) is 0 Å². The van der Waals surface area contributed by atoms with E-state index >= 15 is 0 Å². The number of fused-ring (bicyclic) bond motifs is 1. The summed E-state index contributed by atoms with van der Waals surface area (Å²) < 4.78 is 19.0. The van der Waals surface area contributed by atoms with E-state index in [0.29, 0.717) is 41.8 Å². The molecule has 48 heavy (non-hydrogen) atoms. The van der Waals surface area contributed by atoms with Gasteiger partial charge in [0.2, 0.25) is 17.7 Å². The molecule has 5 aromatic rings. The van der Waals surface area contributed by atoms with Crippen molar-refractivity contribution < 1.29 is 23.8 Å². The fourth-order valence-electron chi connectivity index (χ4n) is 6.55. The lowest BCUT2D eigenvalue weighted by molar-refractivity contribution is -0.142. The Hall–Kier alpha value is -4.92. The predicted octanol–water partition coefficient (Wildman–Crippen LogP) is 3.87. The topological polar surface area (TPSA) is 188 Å². The van der Waals surface area contributed by atoms with Gasteiger partial charge in [0.25, 0.3) is 6.47 Å². The van der Waals surface area contributed by atoms with Crippen LogP contribution in [0.4, 0.5) is 11.8 Å². The van der Waals surface area contributed by atoms with Gasteiger partial charge in [0.15, 0.2) is 35.4 Å². The normalized spacial score (nSPS) is 24.2. The largest absolute Gasteiger partial charge is 0.457 e. The zero-order valence-corrected chi connectivity index (χ0v) is 26.6. The Labute approximate surface area is 277 Å². The Morgan fingerprint density at radius 1 is 1.04 bits per heavy atom. The SMILES string of the molecule is CCc1nnc([C@H]2O[C@@H](n3cnc4c(NCC(c5ccccc5)c5ccccc5)nc(N[C@H]5CC[C@H](N)CC5)nc43)[C@H](OC=O)[C@@H]2O)o1. The molecule has 250 valence electrons. The summed E-state index contributed by atoms with van der Waals surface area (Å²) in [6.45, 7) is 2.69. The number of aliphatic hydroxyl groups excluding tert-OH is 1. The van der Waals surface area contributed by atoms with Gasteiger partial charge >= 0.3 is 0 Å². The highest BCUT2D eigenvalue weighted by atomic mass is 16.6. The summed E-state index contributed by atoms with van der Waals surface area (Å²) in [5.74, 6) is 1.46. The van der Waals surface area contributed by atoms with E-state index in [2.05, 4.69) is 45.1 Å². The summed E-state index contributed by atoms with van der Waals surface area (Å²) in [5.41, 5.74) is 9.40. The highest BCUT2D eigenvalue weighted by molar-refractivity contribution is 5.84. The van der Waals surface area contributed by atoms with Crippen molar-refractivity contribution >= 4 is 29.4 Å². The molecular formula is C34H39N9O5. The van der Waals surface area contributed by atoms with E-state index in [1.165, 1.54) is 0 Å². The average molecular weight is 654 g/mol. The van der Waals surface area contributed by atoms with Crippen LogP contribution >= 0.6 is 0 Å². The fraction of sp³-hybridized carbons (Fsp3) is 0.412. The molecule has 2 aliphatic rings. The number of carbonyl (C=O) groups is 1. The van der Waals surface area contributed by atoms with Crippen LogP contribution in [0.2, 0.25) is 0 Å². The molecule has 1 saturated carbocycles. The molecule has 2 aromatic carbocycles. The molecule has 14 nitrogen and oxygen atoms in total. The molecule has 7 rings (SSSR count). The maximum atomic E-state index is 11.6.